The van der Waals surface area contributed by atoms with Gasteiger partial charge in [-0.1, -0.05) is 22.9 Å². The van der Waals surface area contributed by atoms with Crippen LogP contribution in [-0.2, 0) is 4.79 Å². The molecule has 1 saturated carbocycles. The van der Waals surface area contributed by atoms with Crippen LogP contribution in [0.25, 0.3) is 32.2 Å². The number of nitrogens with zero attached hydrogens (tertiary/aromatic N) is 6. The number of nitrogen functional groups attached to an aromatic ring is 1. The summed E-state index contributed by atoms with van der Waals surface area (Å²) < 4.78 is 52.4. The van der Waals surface area contributed by atoms with E-state index >= 15 is 4.39 Å². The molecule has 9 rings (SSSR count). The summed E-state index contributed by atoms with van der Waals surface area (Å²) in [5, 5.41) is 3.96. The van der Waals surface area contributed by atoms with Crippen molar-refractivity contribution < 1.29 is 22.7 Å². The summed E-state index contributed by atoms with van der Waals surface area (Å²) in [4.78, 5) is 32.8. The fraction of sp³-hybridized carbons (Fsp3) is 0.515. The number of alkyl halides is 1. The second-order valence-electron chi connectivity index (χ2n) is 13.8. The van der Waals surface area contributed by atoms with Gasteiger partial charge in [-0.2, -0.15) is 9.97 Å². The number of amides is 1. The second kappa shape index (κ2) is 11.3. The predicted octanol–water partition coefficient (Wildman–Crippen LogP) is 4.77. The van der Waals surface area contributed by atoms with E-state index in [0.717, 1.165) is 30.7 Å². The summed E-state index contributed by atoms with van der Waals surface area (Å²) in [5.74, 6) is -0.0619. The Hall–Kier alpha value is -3.46. The smallest absolute Gasteiger partial charge is 0.319 e. The molecule has 5 fully saturated rings. The number of aromatic nitrogens is 3. The fourth-order valence-electron chi connectivity index (χ4n) is 8.13. The Morgan fingerprint density at radius 3 is 2.73 bits per heavy atom. The van der Waals surface area contributed by atoms with Gasteiger partial charge >= 0.3 is 6.01 Å². The van der Waals surface area contributed by atoms with Crippen LogP contribution in [0.2, 0.25) is 5.02 Å². The number of nitrogens with one attached hydrogen (secondary N) is 1. The first-order chi connectivity index (χ1) is 23.2. The number of fused-ring (bicyclic) bond motifs is 3. The number of anilines is 2. The number of benzene rings is 2. The van der Waals surface area contributed by atoms with E-state index in [2.05, 4.69) is 20.2 Å². The fourth-order valence-corrected chi connectivity index (χ4v) is 9.19. The monoisotopic (exact) mass is 698 g/mol. The van der Waals surface area contributed by atoms with Crippen LogP contribution in [0.3, 0.4) is 0 Å². The maximum absolute atomic E-state index is 16.8. The third-order valence-electron chi connectivity index (χ3n) is 10.8. The molecule has 2 aromatic heterocycles. The second-order valence-corrected chi connectivity index (χ2v) is 15.2. The lowest BCUT2D eigenvalue weighted by Gasteiger charge is -2.36. The molecule has 48 heavy (non-hydrogen) atoms. The van der Waals surface area contributed by atoms with Crippen LogP contribution >= 0.6 is 22.9 Å². The lowest BCUT2D eigenvalue weighted by molar-refractivity contribution is -0.131. The third-order valence-corrected chi connectivity index (χ3v) is 12.0. The lowest BCUT2D eigenvalue weighted by atomic mass is 9.95. The Kier molecular flexibility index (Phi) is 7.19. The number of carbonyl (C=O) groups is 1. The van der Waals surface area contributed by atoms with Gasteiger partial charge in [-0.25, -0.2) is 18.2 Å². The van der Waals surface area contributed by atoms with Gasteiger partial charge < -0.3 is 20.3 Å². The minimum atomic E-state index is -0.930. The number of thiazole rings is 1. The van der Waals surface area contributed by atoms with E-state index in [0.29, 0.717) is 62.3 Å². The zero-order valence-corrected chi connectivity index (χ0v) is 27.6. The van der Waals surface area contributed by atoms with Crippen molar-refractivity contribution in [3.8, 4) is 17.1 Å². The van der Waals surface area contributed by atoms with E-state index < -0.39 is 23.3 Å². The van der Waals surface area contributed by atoms with Gasteiger partial charge in [-0.05, 0) is 56.3 Å². The molecule has 2 aromatic carbocycles. The van der Waals surface area contributed by atoms with Crippen molar-refractivity contribution in [1.82, 2.24) is 30.1 Å². The summed E-state index contributed by atoms with van der Waals surface area (Å²) in [5.41, 5.74) is 5.96. The number of rotatable bonds is 7. The number of nitrogens with two attached hydrogens (primary N) is 1. The van der Waals surface area contributed by atoms with Crippen molar-refractivity contribution in [2.24, 2.45) is 5.92 Å². The summed E-state index contributed by atoms with van der Waals surface area (Å²) in [6, 6.07) is 4.47. The van der Waals surface area contributed by atoms with Crippen LogP contribution in [0, 0.1) is 17.6 Å². The van der Waals surface area contributed by atoms with Crippen molar-refractivity contribution >= 4 is 60.9 Å². The molecule has 6 heterocycles. The summed E-state index contributed by atoms with van der Waals surface area (Å²) in [7, 11) is 0. The van der Waals surface area contributed by atoms with Gasteiger partial charge in [-0.3, -0.25) is 15.0 Å². The lowest BCUT2D eigenvalue weighted by Crippen LogP contribution is -2.50. The van der Waals surface area contributed by atoms with Crippen LogP contribution in [0.5, 0.6) is 6.01 Å². The van der Waals surface area contributed by atoms with E-state index in [1.807, 2.05) is 9.80 Å². The number of hydrogen-bond donors (Lipinski definition) is 2. The highest BCUT2D eigenvalue weighted by atomic mass is 35.5. The van der Waals surface area contributed by atoms with E-state index in [1.165, 1.54) is 25.0 Å². The molecule has 10 nitrogen and oxygen atoms in total. The van der Waals surface area contributed by atoms with Crippen molar-refractivity contribution in [2.45, 2.75) is 55.9 Å². The van der Waals surface area contributed by atoms with Gasteiger partial charge in [0, 0.05) is 61.7 Å². The van der Waals surface area contributed by atoms with Crippen molar-refractivity contribution in [3.63, 3.8) is 0 Å². The van der Waals surface area contributed by atoms with Gasteiger partial charge in [0.25, 0.3) is 0 Å². The average molecular weight is 699 g/mol. The van der Waals surface area contributed by atoms with Gasteiger partial charge in [0.2, 0.25) is 5.91 Å². The topological polar surface area (TPSA) is 123 Å². The minimum absolute atomic E-state index is 0.0152. The Morgan fingerprint density at radius 2 is 1.94 bits per heavy atom. The summed E-state index contributed by atoms with van der Waals surface area (Å²) >= 11 is 7.79. The summed E-state index contributed by atoms with van der Waals surface area (Å²) in [6.07, 6.45) is 3.54. The van der Waals surface area contributed by atoms with Gasteiger partial charge in [0.1, 0.15) is 36.0 Å². The molecule has 3 N–H and O–H groups in total. The van der Waals surface area contributed by atoms with E-state index in [1.54, 1.807) is 6.07 Å². The molecule has 0 radical (unpaired) electrons. The Balaban J connectivity index is 1.08. The van der Waals surface area contributed by atoms with Crippen LogP contribution in [-0.4, -0.2) is 100 Å². The molecule has 0 spiro atoms. The van der Waals surface area contributed by atoms with Crippen LogP contribution in [0.1, 0.15) is 32.1 Å². The molecule has 4 atom stereocenters. The Morgan fingerprint density at radius 1 is 1.12 bits per heavy atom. The SMILES string of the molecule is Nc1nc2c(-c3c(Cl)cc4c(N5CCN(C(=O)[C@@H]6N[C@H]6C6CC6)CC5)nc(OCC56CCCN5C[C@H](F)C6)nc4c3F)ccc(F)c2s1. The maximum atomic E-state index is 16.8. The molecule has 0 bridgehead atoms. The van der Waals surface area contributed by atoms with Gasteiger partial charge in [-0.15, -0.1) is 0 Å². The Bertz CT molecular complexity index is 1970. The van der Waals surface area contributed by atoms with Gasteiger partial charge in [0.05, 0.1) is 20.8 Å². The first kappa shape index (κ1) is 30.6. The van der Waals surface area contributed by atoms with Crippen LogP contribution in [0.4, 0.5) is 24.1 Å². The number of carbonyl (C=O) groups excluding carboxylic acids is 1. The largest absolute Gasteiger partial charge is 0.461 e. The molecular formula is C33H34ClF3N8O2S. The first-order valence-corrected chi connectivity index (χ1v) is 17.7. The molecular weight excluding hydrogens is 665 g/mol. The quantitative estimate of drug-likeness (QED) is 0.263. The molecule has 1 amide bonds. The highest BCUT2D eigenvalue weighted by molar-refractivity contribution is 7.22. The molecule has 252 valence electrons. The molecule has 1 aliphatic carbocycles. The minimum Gasteiger partial charge on any atom is -0.461 e. The number of hydrogen-bond acceptors (Lipinski definition) is 10. The maximum Gasteiger partial charge on any atom is 0.319 e. The highest BCUT2D eigenvalue weighted by Gasteiger charge is 2.52. The molecule has 4 saturated heterocycles. The van der Waals surface area contributed by atoms with Crippen molar-refractivity contribution in [1.29, 1.82) is 0 Å². The van der Waals surface area contributed by atoms with E-state index in [-0.39, 0.29) is 61.6 Å². The van der Waals surface area contributed by atoms with Crippen molar-refractivity contribution in [2.75, 3.05) is 56.5 Å². The zero-order valence-electron chi connectivity index (χ0n) is 26.0. The first-order valence-electron chi connectivity index (χ1n) is 16.6. The molecule has 5 aliphatic rings. The zero-order chi connectivity index (χ0) is 32.9. The highest BCUT2D eigenvalue weighted by Crippen LogP contribution is 2.44. The van der Waals surface area contributed by atoms with Gasteiger partial charge in [0.15, 0.2) is 10.9 Å². The van der Waals surface area contributed by atoms with Crippen LogP contribution < -0.4 is 20.7 Å². The molecule has 4 aliphatic heterocycles. The molecule has 1 unspecified atom stereocenters. The Labute approximate surface area is 283 Å². The third kappa shape index (κ3) is 5.05. The van der Waals surface area contributed by atoms with E-state index in [9.17, 15) is 13.6 Å². The number of piperazine rings is 1. The van der Waals surface area contributed by atoms with Crippen LogP contribution in [0.15, 0.2) is 18.2 Å². The molecule has 15 heteroatoms. The normalized spacial score (nSPS) is 27.3. The van der Waals surface area contributed by atoms with E-state index in [4.69, 9.17) is 27.1 Å². The standard InChI is InChI=1S/C33H34ClF3N8O2S/c34-20-12-19-25(23(37)22(20)18-4-5-21(36)28-26(18)40-31(38)48-28)41-32(47-15-33-6-1-7-45(33)14-17(35)13-33)42-29(19)43-8-10-44(11-9-43)30(46)27-24(39-27)16-2-3-16/h4-5,12,16-17,24,27,39H,1-3,6-11,13-15H2,(H2,38,40)/t17-,24+,27-,33?/m1/s1. The number of ether oxygens (including phenoxy) is 1. The van der Waals surface area contributed by atoms with Crippen molar-refractivity contribution in [3.05, 3.63) is 34.9 Å². The average Bonchev–Trinajstić information content (AvgIpc) is 3.96. The predicted molar refractivity (Wildman–Crippen MR) is 178 cm³/mol. The number of halogens is 4. The summed E-state index contributed by atoms with van der Waals surface area (Å²) in [6.45, 7) is 3.26. The molecule has 4 aromatic rings.